The van der Waals surface area contributed by atoms with Crippen LogP contribution in [0.25, 0.3) is 0 Å². The molecule has 98 valence electrons. The van der Waals surface area contributed by atoms with Crippen molar-refractivity contribution in [1.82, 2.24) is 4.90 Å². The molecule has 1 aliphatic heterocycles. The molecule has 0 spiro atoms. The number of aliphatic hydroxyl groups excluding tert-OH is 2. The standard InChI is InChI=1S/C7H9BF5NO3/c8-4-6(9,10)3(16)2(1-15)14(4)5(17)7(11,12)13/h2-4,15-16H,1,8H2/t2-,3-,4-/m1/s1. The van der Waals surface area contributed by atoms with E-state index in [9.17, 15) is 26.7 Å². The number of aliphatic hydroxyl groups is 2. The summed E-state index contributed by atoms with van der Waals surface area (Å²) in [6.07, 6.45) is -7.85. The van der Waals surface area contributed by atoms with Crippen LogP contribution in [0.5, 0.6) is 0 Å². The van der Waals surface area contributed by atoms with Gasteiger partial charge in [-0.3, -0.25) is 4.79 Å². The van der Waals surface area contributed by atoms with E-state index in [0.29, 0.717) is 7.85 Å². The van der Waals surface area contributed by atoms with Crippen molar-refractivity contribution >= 4 is 13.8 Å². The Morgan fingerprint density at radius 2 is 1.88 bits per heavy atom. The van der Waals surface area contributed by atoms with Crippen molar-refractivity contribution < 1.29 is 37.0 Å². The van der Waals surface area contributed by atoms with Crippen LogP contribution >= 0.6 is 0 Å². The van der Waals surface area contributed by atoms with Gasteiger partial charge in [0, 0.05) is 0 Å². The van der Waals surface area contributed by atoms with Gasteiger partial charge in [0.2, 0.25) is 0 Å². The van der Waals surface area contributed by atoms with Crippen LogP contribution in [-0.4, -0.2) is 65.7 Å². The van der Waals surface area contributed by atoms with Crippen LogP contribution in [-0.2, 0) is 4.79 Å². The highest BCUT2D eigenvalue weighted by molar-refractivity contribution is 6.14. The monoisotopic (exact) mass is 261 g/mol. The Balaban J connectivity index is 3.11. The molecule has 2 N–H and O–H groups in total. The van der Waals surface area contributed by atoms with Crippen molar-refractivity contribution in [1.29, 1.82) is 0 Å². The lowest BCUT2D eigenvalue weighted by molar-refractivity contribution is -0.189. The SMILES string of the molecule is B[C@@H]1N(C(=O)C(F)(F)F)[C@H](CO)[C@@H](O)C1(F)F. The summed E-state index contributed by atoms with van der Waals surface area (Å²) >= 11 is 0. The summed E-state index contributed by atoms with van der Waals surface area (Å²) < 4.78 is 63.0. The van der Waals surface area contributed by atoms with Crippen LogP contribution in [0.15, 0.2) is 0 Å². The summed E-state index contributed by atoms with van der Waals surface area (Å²) in [7, 11) is 0.683. The number of carbonyl (C=O) groups is 1. The van der Waals surface area contributed by atoms with Crippen molar-refractivity contribution in [2.75, 3.05) is 6.61 Å². The van der Waals surface area contributed by atoms with E-state index in [1.54, 1.807) is 0 Å². The fraction of sp³-hybridized carbons (Fsp3) is 0.857. The van der Waals surface area contributed by atoms with Crippen molar-refractivity contribution in [2.24, 2.45) is 0 Å². The lowest BCUT2D eigenvalue weighted by atomic mass is 9.90. The molecule has 0 aliphatic carbocycles. The zero-order valence-corrected chi connectivity index (χ0v) is 8.58. The Kier molecular flexibility index (Phi) is 3.41. The molecule has 1 amide bonds. The molecule has 0 aromatic rings. The first-order valence-electron chi connectivity index (χ1n) is 4.61. The van der Waals surface area contributed by atoms with Gasteiger partial charge in [0.05, 0.1) is 18.6 Å². The molecule has 3 atom stereocenters. The Morgan fingerprint density at radius 1 is 1.41 bits per heavy atom. The van der Waals surface area contributed by atoms with Gasteiger partial charge in [0.25, 0.3) is 5.92 Å². The highest BCUT2D eigenvalue weighted by Crippen LogP contribution is 2.39. The fourth-order valence-electron chi connectivity index (χ4n) is 1.79. The van der Waals surface area contributed by atoms with Gasteiger partial charge in [-0.05, 0) is 0 Å². The van der Waals surface area contributed by atoms with Crippen molar-refractivity contribution in [3.05, 3.63) is 0 Å². The molecular formula is C7H9BF5NO3. The quantitative estimate of drug-likeness (QED) is 0.456. The number of rotatable bonds is 1. The third-order valence-corrected chi connectivity index (χ3v) is 2.75. The molecule has 0 aromatic heterocycles. The molecule has 0 radical (unpaired) electrons. The largest absolute Gasteiger partial charge is 0.471 e. The van der Waals surface area contributed by atoms with E-state index in [1.165, 1.54) is 0 Å². The van der Waals surface area contributed by atoms with E-state index in [4.69, 9.17) is 10.2 Å². The molecule has 0 aromatic carbocycles. The van der Waals surface area contributed by atoms with Gasteiger partial charge >= 0.3 is 12.1 Å². The molecule has 1 heterocycles. The third-order valence-electron chi connectivity index (χ3n) is 2.75. The molecule has 1 aliphatic rings. The highest BCUT2D eigenvalue weighted by atomic mass is 19.4. The molecule has 17 heavy (non-hydrogen) atoms. The minimum atomic E-state index is -5.33. The second kappa shape index (κ2) is 4.09. The summed E-state index contributed by atoms with van der Waals surface area (Å²) in [5.74, 6) is -8.53. The Labute approximate surface area is 93.4 Å². The van der Waals surface area contributed by atoms with Gasteiger partial charge in [-0.15, -0.1) is 0 Å². The summed E-state index contributed by atoms with van der Waals surface area (Å²) in [5, 5.41) is 17.8. The lowest BCUT2D eigenvalue weighted by Crippen LogP contribution is -2.51. The predicted molar refractivity (Wildman–Crippen MR) is 47.1 cm³/mol. The Morgan fingerprint density at radius 3 is 2.24 bits per heavy atom. The number of halogens is 5. The molecule has 1 saturated heterocycles. The molecule has 1 fully saturated rings. The number of amides is 1. The van der Waals surface area contributed by atoms with Crippen molar-refractivity contribution in [3.63, 3.8) is 0 Å². The highest BCUT2D eigenvalue weighted by Gasteiger charge is 2.63. The average molecular weight is 261 g/mol. The number of carbonyl (C=O) groups excluding carboxylic acids is 1. The molecule has 0 bridgehead atoms. The molecule has 1 rings (SSSR count). The normalized spacial score (nSPS) is 32.9. The average Bonchev–Trinajstić information content (AvgIpc) is 2.36. The molecule has 0 unspecified atom stereocenters. The van der Waals surface area contributed by atoms with E-state index in [1.807, 2.05) is 0 Å². The number of nitrogens with zero attached hydrogens (tertiary/aromatic N) is 1. The van der Waals surface area contributed by atoms with Crippen LogP contribution in [0.3, 0.4) is 0 Å². The zero-order chi connectivity index (χ0) is 13.6. The van der Waals surface area contributed by atoms with E-state index >= 15 is 0 Å². The zero-order valence-electron chi connectivity index (χ0n) is 8.58. The van der Waals surface area contributed by atoms with Crippen molar-refractivity contribution in [2.45, 2.75) is 30.2 Å². The number of hydrogen-bond acceptors (Lipinski definition) is 3. The molecule has 0 saturated carbocycles. The maximum Gasteiger partial charge on any atom is 0.471 e. The topological polar surface area (TPSA) is 60.8 Å². The smallest absolute Gasteiger partial charge is 0.394 e. The summed E-state index contributed by atoms with van der Waals surface area (Å²) in [6, 6.07) is -1.96. The Hall–Kier alpha value is -0.895. The molecule has 10 heteroatoms. The second-order valence-electron chi connectivity index (χ2n) is 3.76. The van der Waals surface area contributed by atoms with Gasteiger partial charge in [0.15, 0.2) is 0 Å². The van der Waals surface area contributed by atoms with E-state index in [0.717, 1.165) is 0 Å². The van der Waals surface area contributed by atoms with Crippen LogP contribution in [0, 0.1) is 0 Å². The number of alkyl halides is 5. The second-order valence-corrected chi connectivity index (χ2v) is 3.76. The number of hydrogen-bond donors (Lipinski definition) is 2. The first kappa shape index (κ1) is 14.2. The van der Waals surface area contributed by atoms with Gasteiger partial charge in [-0.25, -0.2) is 8.78 Å². The van der Waals surface area contributed by atoms with E-state index in [-0.39, 0.29) is 4.90 Å². The van der Waals surface area contributed by atoms with Gasteiger partial charge < -0.3 is 15.1 Å². The summed E-state index contributed by atoms with van der Waals surface area (Å²) in [5.41, 5.74) is 0. The Bertz CT molecular complexity index is 323. The summed E-state index contributed by atoms with van der Waals surface area (Å²) in [4.78, 5) is 10.7. The van der Waals surface area contributed by atoms with E-state index < -0.39 is 42.7 Å². The third kappa shape index (κ3) is 2.11. The first-order chi connectivity index (χ1) is 7.55. The van der Waals surface area contributed by atoms with Gasteiger partial charge in [0.1, 0.15) is 14.0 Å². The minimum Gasteiger partial charge on any atom is -0.394 e. The van der Waals surface area contributed by atoms with Crippen LogP contribution in [0.4, 0.5) is 22.0 Å². The summed E-state index contributed by atoms with van der Waals surface area (Å²) in [6.45, 7) is -1.18. The molecular weight excluding hydrogens is 252 g/mol. The van der Waals surface area contributed by atoms with Crippen LogP contribution < -0.4 is 0 Å². The predicted octanol–water partition coefficient (Wildman–Crippen LogP) is -1.29. The first-order valence-corrected chi connectivity index (χ1v) is 4.61. The molecule has 4 nitrogen and oxygen atoms in total. The van der Waals surface area contributed by atoms with Crippen LogP contribution in [0.2, 0.25) is 0 Å². The lowest BCUT2D eigenvalue weighted by Gasteiger charge is -2.28. The minimum absolute atomic E-state index is 0.218. The van der Waals surface area contributed by atoms with Gasteiger partial charge in [-0.1, -0.05) is 0 Å². The fourth-order valence-corrected chi connectivity index (χ4v) is 1.79. The maximum atomic E-state index is 13.2. The van der Waals surface area contributed by atoms with Crippen molar-refractivity contribution in [3.8, 4) is 0 Å². The maximum absolute atomic E-state index is 13.2. The number of likely N-dealkylation sites (tertiary alicyclic amines) is 1. The van der Waals surface area contributed by atoms with Gasteiger partial charge in [-0.2, -0.15) is 13.2 Å². The van der Waals surface area contributed by atoms with Crippen LogP contribution in [0.1, 0.15) is 0 Å². The van der Waals surface area contributed by atoms with E-state index in [2.05, 4.69) is 0 Å².